The van der Waals surface area contributed by atoms with Gasteiger partial charge in [0.15, 0.2) is 0 Å². The predicted octanol–water partition coefficient (Wildman–Crippen LogP) is 1.70. The molecule has 0 radical (unpaired) electrons. The third-order valence-electron chi connectivity index (χ3n) is 2.15. The lowest BCUT2D eigenvalue weighted by molar-refractivity contribution is -0.146. The summed E-state index contributed by atoms with van der Waals surface area (Å²) in [6.45, 7) is 3.58. The Hall–Kier alpha value is -1.32. The SMILES string of the molecule is C=CCC(CCCC(=O)OC)C(=O)OC. The molecule has 0 aliphatic heterocycles. The summed E-state index contributed by atoms with van der Waals surface area (Å²) in [6.07, 6.45) is 3.84. The van der Waals surface area contributed by atoms with Crippen molar-refractivity contribution >= 4 is 11.9 Å². The predicted molar refractivity (Wildman–Crippen MR) is 56.2 cm³/mol. The van der Waals surface area contributed by atoms with Gasteiger partial charge in [-0.05, 0) is 19.3 Å². The van der Waals surface area contributed by atoms with Crippen LogP contribution in [0, 0.1) is 5.92 Å². The molecular formula is C11H18O4. The van der Waals surface area contributed by atoms with Crippen LogP contribution in [0.25, 0.3) is 0 Å². The molecule has 15 heavy (non-hydrogen) atoms. The third kappa shape index (κ3) is 5.88. The summed E-state index contributed by atoms with van der Waals surface area (Å²) in [4.78, 5) is 22.1. The molecule has 0 amide bonds. The number of rotatable bonds is 7. The molecule has 0 aliphatic carbocycles. The van der Waals surface area contributed by atoms with Crippen molar-refractivity contribution in [3.63, 3.8) is 0 Å². The van der Waals surface area contributed by atoms with Crippen LogP contribution in [0.4, 0.5) is 0 Å². The fourth-order valence-corrected chi connectivity index (χ4v) is 1.29. The molecule has 4 nitrogen and oxygen atoms in total. The van der Waals surface area contributed by atoms with Crippen LogP contribution in [0.15, 0.2) is 12.7 Å². The average molecular weight is 214 g/mol. The van der Waals surface area contributed by atoms with Crippen LogP contribution in [0.5, 0.6) is 0 Å². The second kappa shape index (κ2) is 8.03. The first-order valence-electron chi connectivity index (χ1n) is 4.91. The zero-order valence-electron chi connectivity index (χ0n) is 9.32. The Balaban J connectivity index is 3.90. The average Bonchev–Trinajstić information content (AvgIpc) is 2.26. The molecule has 0 fully saturated rings. The zero-order chi connectivity index (χ0) is 11.7. The van der Waals surface area contributed by atoms with E-state index < -0.39 is 0 Å². The first kappa shape index (κ1) is 13.7. The molecule has 86 valence electrons. The van der Waals surface area contributed by atoms with E-state index in [2.05, 4.69) is 16.1 Å². The first-order valence-corrected chi connectivity index (χ1v) is 4.91. The number of hydrogen-bond donors (Lipinski definition) is 0. The zero-order valence-corrected chi connectivity index (χ0v) is 9.32. The third-order valence-corrected chi connectivity index (χ3v) is 2.15. The first-order chi connectivity index (χ1) is 7.15. The largest absolute Gasteiger partial charge is 0.469 e. The maximum Gasteiger partial charge on any atom is 0.308 e. The normalized spacial score (nSPS) is 11.6. The van der Waals surface area contributed by atoms with Gasteiger partial charge in [0, 0.05) is 6.42 Å². The molecule has 0 rings (SSSR count). The smallest absolute Gasteiger partial charge is 0.308 e. The number of methoxy groups -OCH3 is 2. The number of ether oxygens (including phenoxy) is 2. The van der Waals surface area contributed by atoms with Crippen molar-refractivity contribution in [1.82, 2.24) is 0 Å². The van der Waals surface area contributed by atoms with E-state index in [9.17, 15) is 9.59 Å². The molecule has 0 aromatic carbocycles. The lowest BCUT2D eigenvalue weighted by Gasteiger charge is -2.11. The van der Waals surface area contributed by atoms with Gasteiger partial charge in [-0.15, -0.1) is 6.58 Å². The molecule has 0 spiro atoms. The van der Waals surface area contributed by atoms with Crippen molar-refractivity contribution in [1.29, 1.82) is 0 Å². The van der Waals surface area contributed by atoms with Crippen LogP contribution in [-0.2, 0) is 19.1 Å². The van der Waals surface area contributed by atoms with Gasteiger partial charge in [-0.1, -0.05) is 6.08 Å². The molecular weight excluding hydrogens is 196 g/mol. The van der Waals surface area contributed by atoms with Crippen LogP contribution in [0.3, 0.4) is 0 Å². The van der Waals surface area contributed by atoms with Crippen molar-refractivity contribution in [3.8, 4) is 0 Å². The van der Waals surface area contributed by atoms with Crippen molar-refractivity contribution in [3.05, 3.63) is 12.7 Å². The minimum Gasteiger partial charge on any atom is -0.469 e. The molecule has 0 aromatic rings. The van der Waals surface area contributed by atoms with Crippen LogP contribution in [0.1, 0.15) is 25.7 Å². The molecule has 0 saturated carbocycles. The number of hydrogen-bond acceptors (Lipinski definition) is 4. The highest BCUT2D eigenvalue weighted by Crippen LogP contribution is 2.15. The van der Waals surface area contributed by atoms with Gasteiger partial charge in [-0.25, -0.2) is 0 Å². The molecule has 0 N–H and O–H groups in total. The number of carbonyl (C=O) groups is 2. The van der Waals surface area contributed by atoms with Crippen molar-refractivity contribution < 1.29 is 19.1 Å². The standard InChI is InChI=1S/C11H18O4/c1-4-6-9(11(13)15-3)7-5-8-10(12)14-2/h4,9H,1,5-8H2,2-3H3. The van der Waals surface area contributed by atoms with E-state index in [0.29, 0.717) is 25.7 Å². The second-order valence-electron chi connectivity index (χ2n) is 3.21. The molecule has 0 bridgehead atoms. The summed E-state index contributed by atoms with van der Waals surface area (Å²) < 4.78 is 9.15. The van der Waals surface area contributed by atoms with Crippen LogP contribution < -0.4 is 0 Å². The Bertz CT molecular complexity index is 223. The summed E-state index contributed by atoms with van der Waals surface area (Å²) in [5.74, 6) is -0.700. The van der Waals surface area contributed by atoms with E-state index in [1.165, 1.54) is 14.2 Å². The highest BCUT2D eigenvalue weighted by molar-refractivity contribution is 5.72. The quantitative estimate of drug-likeness (QED) is 0.478. The van der Waals surface area contributed by atoms with Crippen molar-refractivity contribution in [2.24, 2.45) is 5.92 Å². The summed E-state index contributed by atoms with van der Waals surface area (Å²) in [7, 11) is 2.71. The topological polar surface area (TPSA) is 52.6 Å². The van der Waals surface area contributed by atoms with Gasteiger partial charge in [0.25, 0.3) is 0 Å². The monoisotopic (exact) mass is 214 g/mol. The number of allylic oxidation sites excluding steroid dienone is 1. The minimum atomic E-state index is -0.253. The van der Waals surface area contributed by atoms with Crippen LogP contribution in [0.2, 0.25) is 0 Å². The molecule has 0 aromatic heterocycles. The van der Waals surface area contributed by atoms with E-state index in [4.69, 9.17) is 0 Å². The molecule has 0 aliphatic rings. The van der Waals surface area contributed by atoms with Gasteiger partial charge in [0.05, 0.1) is 20.1 Å². The number of carbonyl (C=O) groups excluding carboxylic acids is 2. The van der Waals surface area contributed by atoms with Gasteiger partial charge in [-0.2, -0.15) is 0 Å². The maximum absolute atomic E-state index is 11.3. The highest BCUT2D eigenvalue weighted by atomic mass is 16.5. The molecule has 1 unspecified atom stereocenters. The van der Waals surface area contributed by atoms with Gasteiger partial charge in [-0.3, -0.25) is 9.59 Å². The Morgan fingerprint density at radius 2 is 2.00 bits per heavy atom. The Kier molecular flexibility index (Phi) is 7.32. The molecule has 1 atom stereocenters. The van der Waals surface area contributed by atoms with Crippen molar-refractivity contribution in [2.75, 3.05) is 14.2 Å². The lowest BCUT2D eigenvalue weighted by Crippen LogP contribution is -2.16. The Morgan fingerprint density at radius 3 is 2.47 bits per heavy atom. The highest BCUT2D eigenvalue weighted by Gasteiger charge is 2.17. The maximum atomic E-state index is 11.3. The lowest BCUT2D eigenvalue weighted by atomic mass is 9.98. The van der Waals surface area contributed by atoms with E-state index in [-0.39, 0.29) is 17.9 Å². The van der Waals surface area contributed by atoms with Gasteiger partial charge in [0.2, 0.25) is 0 Å². The Labute approximate surface area is 90.2 Å². The summed E-state index contributed by atoms with van der Waals surface area (Å²) in [5.41, 5.74) is 0. The number of esters is 2. The molecule has 4 heteroatoms. The molecule has 0 heterocycles. The summed E-state index contributed by atoms with van der Waals surface area (Å²) in [5, 5.41) is 0. The van der Waals surface area contributed by atoms with Crippen LogP contribution >= 0.6 is 0 Å². The van der Waals surface area contributed by atoms with Gasteiger partial charge < -0.3 is 9.47 Å². The van der Waals surface area contributed by atoms with E-state index in [1.807, 2.05) is 0 Å². The Morgan fingerprint density at radius 1 is 1.33 bits per heavy atom. The minimum absolute atomic E-state index is 0.197. The summed E-state index contributed by atoms with van der Waals surface area (Å²) in [6, 6.07) is 0. The fraction of sp³-hybridized carbons (Fsp3) is 0.636. The van der Waals surface area contributed by atoms with Crippen LogP contribution in [-0.4, -0.2) is 26.2 Å². The van der Waals surface area contributed by atoms with Gasteiger partial charge >= 0.3 is 11.9 Å². The van der Waals surface area contributed by atoms with Crippen molar-refractivity contribution in [2.45, 2.75) is 25.7 Å². The summed E-state index contributed by atoms with van der Waals surface area (Å²) >= 11 is 0. The van der Waals surface area contributed by atoms with E-state index in [1.54, 1.807) is 6.08 Å². The molecule has 0 saturated heterocycles. The van der Waals surface area contributed by atoms with E-state index >= 15 is 0 Å². The second-order valence-corrected chi connectivity index (χ2v) is 3.21. The fourth-order valence-electron chi connectivity index (χ4n) is 1.29. The van der Waals surface area contributed by atoms with E-state index in [0.717, 1.165) is 0 Å². The van der Waals surface area contributed by atoms with Gasteiger partial charge in [0.1, 0.15) is 0 Å².